The summed E-state index contributed by atoms with van der Waals surface area (Å²) in [6.45, 7) is 2.89. The number of hydrogen-bond acceptors (Lipinski definition) is 3. The number of aromatic hydroxyl groups is 1. The molecule has 0 saturated carbocycles. The molecule has 0 aliphatic heterocycles. The van der Waals surface area contributed by atoms with Gasteiger partial charge in [-0.05, 0) is 55.0 Å². The highest BCUT2D eigenvalue weighted by molar-refractivity contribution is 5.84. The summed E-state index contributed by atoms with van der Waals surface area (Å²) in [6, 6.07) is 14.9. The van der Waals surface area contributed by atoms with E-state index in [1.165, 1.54) is 0 Å². The Morgan fingerprint density at radius 1 is 1.05 bits per heavy atom. The third kappa shape index (κ3) is 3.02. The molecule has 1 heterocycles. The minimum atomic E-state index is 0.245. The van der Waals surface area contributed by atoms with Crippen molar-refractivity contribution in [2.45, 2.75) is 19.8 Å². The first-order chi connectivity index (χ1) is 10.3. The third-order valence-corrected chi connectivity index (χ3v) is 3.41. The van der Waals surface area contributed by atoms with Crippen molar-refractivity contribution in [2.24, 2.45) is 0 Å². The second kappa shape index (κ2) is 5.92. The zero-order chi connectivity index (χ0) is 14.7. The van der Waals surface area contributed by atoms with Gasteiger partial charge in [-0.15, -0.1) is 0 Å². The number of rotatable bonds is 5. The predicted molar refractivity (Wildman–Crippen MR) is 83.7 cm³/mol. The Hall–Kier alpha value is -2.42. The Morgan fingerprint density at radius 2 is 1.86 bits per heavy atom. The highest BCUT2D eigenvalue weighted by Crippen LogP contribution is 2.30. The molecule has 21 heavy (non-hydrogen) atoms. The van der Waals surface area contributed by atoms with Crippen LogP contribution in [-0.2, 0) is 0 Å². The molecular weight excluding hydrogens is 264 g/mol. The monoisotopic (exact) mass is 282 g/mol. The molecule has 0 aliphatic rings. The lowest BCUT2D eigenvalue weighted by Crippen LogP contribution is -1.95. The maximum Gasteiger partial charge on any atom is 0.135 e. The molecule has 1 aromatic heterocycles. The fourth-order valence-corrected chi connectivity index (χ4v) is 2.22. The van der Waals surface area contributed by atoms with Crippen molar-refractivity contribution in [1.82, 2.24) is 0 Å². The van der Waals surface area contributed by atoms with Crippen LogP contribution in [0.1, 0.15) is 19.8 Å². The number of phenols is 1. The number of ether oxygens (including phenoxy) is 1. The molecule has 3 aromatic rings. The van der Waals surface area contributed by atoms with Crippen molar-refractivity contribution in [1.29, 1.82) is 0 Å². The lowest BCUT2D eigenvalue weighted by molar-refractivity contribution is 0.309. The summed E-state index contributed by atoms with van der Waals surface area (Å²) >= 11 is 0. The van der Waals surface area contributed by atoms with E-state index in [0.717, 1.165) is 47.5 Å². The van der Waals surface area contributed by atoms with Gasteiger partial charge in [-0.25, -0.2) is 0 Å². The maximum atomic E-state index is 9.49. The molecule has 0 unspecified atom stereocenters. The van der Waals surface area contributed by atoms with E-state index in [2.05, 4.69) is 6.92 Å². The molecule has 3 heteroatoms. The topological polar surface area (TPSA) is 42.6 Å². The Bertz CT molecular complexity index is 726. The average molecular weight is 282 g/mol. The Kier molecular flexibility index (Phi) is 3.82. The highest BCUT2D eigenvalue weighted by Gasteiger charge is 2.07. The minimum absolute atomic E-state index is 0.245. The normalized spacial score (nSPS) is 10.9. The van der Waals surface area contributed by atoms with Crippen molar-refractivity contribution in [3.63, 3.8) is 0 Å². The van der Waals surface area contributed by atoms with Gasteiger partial charge in [0.15, 0.2) is 0 Å². The van der Waals surface area contributed by atoms with Crippen molar-refractivity contribution in [3.8, 4) is 22.8 Å². The smallest absolute Gasteiger partial charge is 0.135 e. The molecule has 0 fully saturated rings. The molecule has 1 N–H and O–H groups in total. The summed E-state index contributed by atoms with van der Waals surface area (Å²) in [7, 11) is 0. The van der Waals surface area contributed by atoms with Gasteiger partial charge >= 0.3 is 0 Å². The molecule has 108 valence electrons. The van der Waals surface area contributed by atoms with Crippen LogP contribution < -0.4 is 4.74 Å². The molecule has 0 radical (unpaired) electrons. The lowest BCUT2D eigenvalue weighted by atomic mass is 10.1. The molecule has 0 spiro atoms. The molecule has 0 aliphatic carbocycles. The maximum absolute atomic E-state index is 9.49. The molecule has 0 saturated heterocycles. The minimum Gasteiger partial charge on any atom is -0.508 e. The number of fused-ring (bicyclic) bond motifs is 1. The zero-order valence-corrected chi connectivity index (χ0v) is 12.0. The van der Waals surface area contributed by atoms with Crippen LogP contribution in [0.5, 0.6) is 11.5 Å². The SMILES string of the molecule is CCCCOc1ccc(-c2cc3cc(O)ccc3o2)cc1. The van der Waals surface area contributed by atoms with Gasteiger partial charge in [0.1, 0.15) is 22.8 Å². The van der Waals surface area contributed by atoms with Crippen molar-refractivity contribution in [3.05, 3.63) is 48.5 Å². The van der Waals surface area contributed by atoms with E-state index in [9.17, 15) is 5.11 Å². The van der Waals surface area contributed by atoms with Gasteiger partial charge in [0.05, 0.1) is 6.61 Å². The Labute approximate surface area is 123 Å². The predicted octanol–water partition coefficient (Wildman–Crippen LogP) is 4.98. The van der Waals surface area contributed by atoms with E-state index in [4.69, 9.17) is 9.15 Å². The summed E-state index contributed by atoms with van der Waals surface area (Å²) in [5, 5.41) is 10.4. The fraction of sp³-hybridized carbons (Fsp3) is 0.222. The van der Waals surface area contributed by atoms with Crippen LogP contribution in [0.25, 0.3) is 22.3 Å². The quantitative estimate of drug-likeness (QED) is 0.671. The number of hydrogen-bond donors (Lipinski definition) is 1. The summed E-state index contributed by atoms with van der Waals surface area (Å²) in [4.78, 5) is 0. The van der Waals surface area contributed by atoms with E-state index in [-0.39, 0.29) is 5.75 Å². The molecule has 0 amide bonds. The van der Waals surface area contributed by atoms with Crippen LogP contribution >= 0.6 is 0 Å². The second-order valence-electron chi connectivity index (χ2n) is 5.06. The molecule has 3 rings (SSSR count). The van der Waals surface area contributed by atoms with Gasteiger partial charge in [0.2, 0.25) is 0 Å². The van der Waals surface area contributed by atoms with Crippen LogP contribution in [0.4, 0.5) is 0 Å². The fourth-order valence-electron chi connectivity index (χ4n) is 2.22. The van der Waals surface area contributed by atoms with Crippen molar-refractivity contribution < 1.29 is 14.3 Å². The van der Waals surface area contributed by atoms with Crippen LogP contribution in [0.15, 0.2) is 52.9 Å². The summed E-state index contributed by atoms with van der Waals surface area (Å²) in [6.07, 6.45) is 2.19. The first kappa shape index (κ1) is 13.6. The van der Waals surface area contributed by atoms with Gasteiger partial charge in [-0.3, -0.25) is 0 Å². The molecule has 2 aromatic carbocycles. The first-order valence-corrected chi connectivity index (χ1v) is 7.22. The molecule has 0 atom stereocenters. The molecule has 0 bridgehead atoms. The van der Waals surface area contributed by atoms with Crippen molar-refractivity contribution in [2.75, 3.05) is 6.61 Å². The van der Waals surface area contributed by atoms with Crippen LogP contribution in [0.2, 0.25) is 0 Å². The summed E-state index contributed by atoms with van der Waals surface area (Å²) < 4.78 is 11.4. The van der Waals surface area contributed by atoms with Gasteiger partial charge in [-0.2, -0.15) is 0 Å². The molecular formula is C18H18O3. The van der Waals surface area contributed by atoms with Gasteiger partial charge < -0.3 is 14.3 Å². The number of furan rings is 1. The van der Waals surface area contributed by atoms with E-state index in [1.54, 1.807) is 18.2 Å². The average Bonchev–Trinajstić information content (AvgIpc) is 2.91. The van der Waals surface area contributed by atoms with Gasteiger partial charge in [-0.1, -0.05) is 13.3 Å². The number of unbranched alkanes of at least 4 members (excludes halogenated alkanes) is 1. The van der Waals surface area contributed by atoms with Gasteiger partial charge in [0.25, 0.3) is 0 Å². The Balaban J connectivity index is 1.81. The summed E-state index contributed by atoms with van der Waals surface area (Å²) in [5.41, 5.74) is 1.76. The second-order valence-corrected chi connectivity index (χ2v) is 5.06. The van der Waals surface area contributed by atoms with Crippen molar-refractivity contribution >= 4 is 11.0 Å². The first-order valence-electron chi connectivity index (χ1n) is 7.22. The van der Waals surface area contributed by atoms with Gasteiger partial charge in [0, 0.05) is 10.9 Å². The van der Waals surface area contributed by atoms with Crippen LogP contribution in [0.3, 0.4) is 0 Å². The van der Waals surface area contributed by atoms with E-state index in [0.29, 0.717) is 0 Å². The third-order valence-electron chi connectivity index (χ3n) is 3.41. The standard InChI is InChI=1S/C18H18O3/c1-2-3-10-20-16-7-4-13(5-8-16)18-12-14-11-15(19)6-9-17(14)21-18/h4-9,11-12,19H,2-3,10H2,1H3. The van der Waals surface area contributed by atoms with E-state index in [1.807, 2.05) is 30.3 Å². The highest BCUT2D eigenvalue weighted by atomic mass is 16.5. The van der Waals surface area contributed by atoms with Crippen LogP contribution in [0, 0.1) is 0 Å². The number of phenolic OH excluding ortho intramolecular Hbond substituents is 1. The largest absolute Gasteiger partial charge is 0.508 e. The zero-order valence-electron chi connectivity index (χ0n) is 12.0. The summed E-state index contributed by atoms with van der Waals surface area (Å²) in [5.74, 6) is 1.91. The molecule has 3 nitrogen and oxygen atoms in total. The Morgan fingerprint density at radius 3 is 2.62 bits per heavy atom. The van der Waals surface area contributed by atoms with E-state index >= 15 is 0 Å². The van der Waals surface area contributed by atoms with E-state index < -0.39 is 0 Å². The van der Waals surface area contributed by atoms with Crippen LogP contribution in [-0.4, -0.2) is 11.7 Å². The lowest BCUT2D eigenvalue weighted by Gasteiger charge is -2.05. The number of benzene rings is 2.